The average Bonchev–Trinajstić information content (AvgIpc) is 2.97. The van der Waals surface area contributed by atoms with Gasteiger partial charge in [0.2, 0.25) is 5.91 Å². The molecule has 25 heavy (non-hydrogen) atoms. The lowest BCUT2D eigenvalue weighted by molar-refractivity contribution is -0.115. The highest BCUT2D eigenvalue weighted by Gasteiger charge is 2.20. The zero-order valence-electron chi connectivity index (χ0n) is 14.4. The first-order chi connectivity index (χ1) is 12.0. The van der Waals surface area contributed by atoms with Crippen molar-refractivity contribution in [2.45, 2.75) is 31.2 Å². The normalized spacial score (nSPS) is 12.0. The molecule has 0 aliphatic rings. The third-order valence-corrected chi connectivity index (χ3v) is 4.82. The minimum absolute atomic E-state index is 0.0627. The van der Waals surface area contributed by atoms with E-state index in [1.54, 1.807) is 0 Å². The minimum Gasteiger partial charge on any atom is -0.325 e. The van der Waals surface area contributed by atoms with E-state index in [-0.39, 0.29) is 11.2 Å². The van der Waals surface area contributed by atoms with Crippen molar-refractivity contribution in [3.8, 4) is 5.69 Å². The Morgan fingerprint density at radius 3 is 2.40 bits per heavy atom. The molecule has 0 saturated carbocycles. The lowest BCUT2D eigenvalue weighted by Gasteiger charge is -2.13. The van der Waals surface area contributed by atoms with E-state index in [0.29, 0.717) is 5.16 Å². The number of carbonyl (C=O) groups is 1. The molecule has 2 aromatic carbocycles. The Hall–Kier alpha value is -2.60. The van der Waals surface area contributed by atoms with E-state index in [4.69, 9.17) is 0 Å². The summed E-state index contributed by atoms with van der Waals surface area (Å²) < 4.78 is 1.97. The lowest BCUT2D eigenvalue weighted by atomic mass is 10.2. The van der Waals surface area contributed by atoms with E-state index < -0.39 is 0 Å². The van der Waals surface area contributed by atoms with Gasteiger partial charge in [-0.3, -0.25) is 9.36 Å². The van der Waals surface area contributed by atoms with Gasteiger partial charge in [0.25, 0.3) is 0 Å². The number of aromatic nitrogens is 3. The van der Waals surface area contributed by atoms with Gasteiger partial charge in [0.15, 0.2) is 5.16 Å². The molecule has 1 atom stereocenters. The molecule has 6 heteroatoms. The minimum atomic E-state index is -0.298. The predicted molar refractivity (Wildman–Crippen MR) is 101 cm³/mol. The molecule has 3 aromatic rings. The van der Waals surface area contributed by atoms with Gasteiger partial charge in [-0.2, -0.15) is 0 Å². The van der Waals surface area contributed by atoms with Crippen molar-refractivity contribution in [3.05, 3.63) is 66.0 Å². The molecule has 1 amide bonds. The summed E-state index contributed by atoms with van der Waals surface area (Å²) in [5.41, 5.74) is 2.97. The van der Waals surface area contributed by atoms with Gasteiger partial charge in [-0.25, -0.2) is 0 Å². The van der Waals surface area contributed by atoms with Crippen molar-refractivity contribution in [3.63, 3.8) is 0 Å². The van der Waals surface area contributed by atoms with Crippen LogP contribution in [0.2, 0.25) is 0 Å². The first-order valence-electron chi connectivity index (χ1n) is 8.06. The topological polar surface area (TPSA) is 59.8 Å². The molecule has 3 rings (SSSR count). The van der Waals surface area contributed by atoms with E-state index >= 15 is 0 Å². The number of hydrogen-bond acceptors (Lipinski definition) is 4. The van der Waals surface area contributed by atoms with Crippen molar-refractivity contribution in [2.75, 3.05) is 5.32 Å². The fourth-order valence-corrected chi connectivity index (χ4v) is 3.30. The van der Waals surface area contributed by atoms with Gasteiger partial charge >= 0.3 is 0 Å². The number of carbonyl (C=O) groups excluding carboxylic acids is 1. The van der Waals surface area contributed by atoms with Gasteiger partial charge in [0.05, 0.1) is 5.25 Å². The second kappa shape index (κ2) is 7.53. The maximum atomic E-state index is 12.4. The molecule has 0 bridgehead atoms. The van der Waals surface area contributed by atoms with Gasteiger partial charge in [-0.05, 0) is 45.0 Å². The third-order valence-electron chi connectivity index (χ3n) is 3.78. The largest absolute Gasteiger partial charge is 0.325 e. The summed E-state index contributed by atoms with van der Waals surface area (Å²) in [5, 5.41) is 11.7. The smallest absolute Gasteiger partial charge is 0.237 e. The Labute approximate surface area is 151 Å². The quantitative estimate of drug-likeness (QED) is 0.705. The molecule has 0 fully saturated rings. The SMILES string of the molecule is Cc1ccc(-n2c(C)nnc2SC(C)C(=O)Nc2ccccc2)cc1. The molecule has 128 valence electrons. The van der Waals surface area contributed by atoms with E-state index in [1.165, 1.54) is 17.3 Å². The van der Waals surface area contributed by atoms with Crippen molar-refractivity contribution in [2.24, 2.45) is 0 Å². The van der Waals surface area contributed by atoms with Gasteiger partial charge in [-0.15, -0.1) is 10.2 Å². The van der Waals surface area contributed by atoms with Crippen LogP contribution in [0.3, 0.4) is 0 Å². The molecule has 1 N–H and O–H groups in total. The number of thioether (sulfide) groups is 1. The average molecular weight is 352 g/mol. The molecular formula is C19H20N4OS. The maximum Gasteiger partial charge on any atom is 0.237 e. The highest BCUT2D eigenvalue weighted by molar-refractivity contribution is 8.00. The van der Waals surface area contributed by atoms with Crippen LogP contribution in [0.5, 0.6) is 0 Å². The van der Waals surface area contributed by atoms with Crippen LogP contribution >= 0.6 is 11.8 Å². The molecule has 1 unspecified atom stereocenters. The van der Waals surface area contributed by atoms with Crippen LogP contribution in [0.25, 0.3) is 5.69 Å². The Morgan fingerprint density at radius 2 is 1.72 bits per heavy atom. The van der Waals surface area contributed by atoms with Crippen LogP contribution in [0, 0.1) is 13.8 Å². The van der Waals surface area contributed by atoms with E-state index in [1.807, 2.05) is 60.9 Å². The summed E-state index contributed by atoms with van der Waals surface area (Å²) in [6.07, 6.45) is 0. The molecule has 0 spiro atoms. The molecule has 5 nitrogen and oxygen atoms in total. The fraction of sp³-hybridized carbons (Fsp3) is 0.211. The molecule has 0 saturated heterocycles. The van der Waals surface area contributed by atoms with E-state index in [0.717, 1.165) is 17.2 Å². The highest BCUT2D eigenvalue weighted by atomic mass is 32.2. The van der Waals surface area contributed by atoms with Gasteiger partial charge in [-0.1, -0.05) is 47.7 Å². The number of para-hydroxylation sites is 1. The second-order valence-corrected chi connectivity index (χ2v) is 7.12. The van der Waals surface area contributed by atoms with Crippen LogP contribution in [-0.4, -0.2) is 25.9 Å². The summed E-state index contributed by atoms with van der Waals surface area (Å²) >= 11 is 1.39. The van der Waals surface area contributed by atoms with Crippen LogP contribution in [0.1, 0.15) is 18.3 Å². The molecule has 1 aromatic heterocycles. The molecular weight excluding hydrogens is 332 g/mol. The number of amides is 1. The summed E-state index contributed by atoms with van der Waals surface area (Å²) in [7, 11) is 0. The van der Waals surface area contributed by atoms with Gasteiger partial charge < -0.3 is 5.32 Å². The zero-order valence-corrected chi connectivity index (χ0v) is 15.2. The first kappa shape index (κ1) is 17.2. The number of benzene rings is 2. The molecule has 1 heterocycles. The number of rotatable bonds is 5. The third kappa shape index (κ3) is 4.09. The van der Waals surface area contributed by atoms with Crippen molar-refractivity contribution in [1.29, 1.82) is 0 Å². The number of aryl methyl sites for hydroxylation is 2. The van der Waals surface area contributed by atoms with E-state index in [9.17, 15) is 4.79 Å². The number of nitrogens with one attached hydrogen (secondary N) is 1. The fourth-order valence-electron chi connectivity index (χ4n) is 2.39. The summed E-state index contributed by atoms with van der Waals surface area (Å²) in [4.78, 5) is 12.4. The van der Waals surface area contributed by atoms with Crippen molar-refractivity contribution >= 4 is 23.4 Å². The Bertz CT molecular complexity index is 859. The van der Waals surface area contributed by atoms with Crippen molar-refractivity contribution in [1.82, 2.24) is 14.8 Å². The lowest BCUT2D eigenvalue weighted by Crippen LogP contribution is -2.22. The van der Waals surface area contributed by atoms with Crippen LogP contribution in [0.15, 0.2) is 59.8 Å². The zero-order chi connectivity index (χ0) is 17.8. The van der Waals surface area contributed by atoms with E-state index in [2.05, 4.69) is 34.6 Å². The number of hydrogen-bond donors (Lipinski definition) is 1. The monoisotopic (exact) mass is 352 g/mol. The molecule has 0 aliphatic carbocycles. The van der Waals surface area contributed by atoms with Crippen molar-refractivity contribution < 1.29 is 4.79 Å². The van der Waals surface area contributed by atoms with Gasteiger partial charge in [0.1, 0.15) is 5.82 Å². The highest BCUT2D eigenvalue weighted by Crippen LogP contribution is 2.26. The first-order valence-corrected chi connectivity index (χ1v) is 8.94. The van der Waals surface area contributed by atoms with Crippen LogP contribution < -0.4 is 5.32 Å². The van der Waals surface area contributed by atoms with Crippen LogP contribution in [-0.2, 0) is 4.79 Å². The summed E-state index contributed by atoms with van der Waals surface area (Å²) in [6.45, 7) is 5.83. The molecule has 0 aliphatic heterocycles. The Kier molecular flexibility index (Phi) is 5.19. The Morgan fingerprint density at radius 1 is 1.04 bits per heavy atom. The second-order valence-electron chi connectivity index (χ2n) is 5.82. The van der Waals surface area contributed by atoms with Gasteiger partial charge in [0, 0.05) is 11.4 Å². The summed E-state index contributed by atoms with van der Waals surface area (Å²) in [6, 6.07) is 17.6. The maximum absolute atomic E-state index is 12.4. The molecule has 0 radical (unpaired) electrons. The summed E-state index contributed by atoms with van der Waals surface area (Å²) in [5.74, 6) is 0.731. The number of nitrogens with zero attached hydrogens (tertiary/aromatic N) is 3. The Balaban J connectivity index is 1.77. The standard InChI is InChI=1S/C19H20N4OS/c1-13-9-11-17(12-10-13)23-15(3)21-22-19(23)25-14(2)18(24)20-16-7-5-4-6-8-16/h4-12,14H,1-3H3,(H,20,24). The number of anilines is 1. The predicted octanol–water partition coefficient (Wildman–Crippen LogP) is 4.00. The van der Waals surface area contributed by atoms with Crippen LogP contribution in [0.4, 0.5) is 5.69 Å².